The van der Waals surface area contributed by atoms with E-state index in [1.54, 1.807) is 11.8 Å². The number of carbonyl (C=O) groups is 1. The van der Waals surface area contributed by atoms with Crippen LogP contribution in [0.15, 0.2) is 4.90 Å². The average Bonchev–Trinajstić information content (AvgIpc) is 2.80. The maximum atomic E-state index is 12.6. The molecular weight excluding hydrogens is 292 g/mol. The highest BCUT2D eigenvalue weighted by Gasteiger charge is 2.31. The summed E-state index contributed by atoms with van der Waals surface area (Å²) in [5.41, 5.74) is 0.288. The van der Waals surface area contributed by atoms with Crippen LogP contribution in [0.1, 0.15) is 49.3 Å². The number of rotatable bonds is 6. The maximum absolute atomic E-state index is 12.6. The normalized spacial score (nSPS) is 15.8. The molecule has 1 aliphatic rings. The zero-order chi connectivity index (χ0) is 15.6. The van der Waals surface area contributed by atoms with Crippen LogP contribution >= 0.6 is 0 Å². The Morgan fingerprint density at radius 3 is 2.52 bits per heavy atom. The molecule has 1 aromatic heterocycles. The van der Waals surface area contributed by atoms with E-state index in [0.717, 1.165) is 12.8 Å². The average molecular weight is 314 g/mol. The molecule has 0 bridgehead atoms. The van der Waals surface area contributed by atoms with E-state index in [2.05, 4.69) is 10.2 Å². The molecule has 8 heteroatoms. The first-order valence-corrected chi connectivity index (χ1v) is 8.82. The van der Waals surface area contributed by atoms with E-state index >= 15 is 0 Å². The van der Waals surface area contributed by atoms with Crippen LogP contribution in [-0.4, -0.2) is 42.5 Å². The second kappa shape index (κ2) is 6.15. The summed E-state index contributed by atoms with van der Waals surface area (Å²) in [6.07, 6.45) is 3.85. The predicted octanol–water partition coefficient (Wildman–Crippen LogP) is 0.882. The molecular formula is C13H22N4O3S. The van der Waals surface area contributed by atoms with Crippen LogP contribution < -0.4 is 5.14 Å². The quantitative estimate of drug-likeness (QED) is 0.812. The first-order valence-electron chi connectivity index (χ1n) is 7.27. The van der Waals surface area contributed by atoms with Crippen LogP contribution in [0.2, 0.25) is 0 Å². The Hall–Kier alpha value is -1.41. The highest BCUT2D eigenvalue weighted by atomic mass is 32.2. The monoisotopic (exact) mass is 314 g/mol. The van der Waals surface area contributed by atoms with Gasteiger partial charge in [-0.2, -0.15) is 5.10 Å². The number of hydrogen-bond donors (Lipinski definition) is 2. The van der Waals surface area contributed by atoms with Crippen molar-refractivity contribution in [2.45, 2.75) is 44.4 Å². The summed E-state index contributed by atoms with van der Waals surface area (Å²) in [6.45, 7) is 4.82. The lowest BCUT2D eigenvalue weighted by molar-refractivity contribution is 0.0696. The molecule has 1 saturated carbocycles. The van der Waals surface area contributed by atoms with Gasteiger partial charge in [-0.25, -0.2) is 13.6 Å². The van der Waals surface area contributed by atoms with E-state index in [1.807, 2.05) is 6.92 Å². The molecule has 0 aliphatic heterocycles. The number of carbonyl (C=O) groups excluding carboxylic acids is 1. The van der Waals surface area contributed by atoms with Crippen LogP contribution in [0.3, 0.4) is 0 Å². The van der Waals surface area contributed by atoms with Gasteiger partial charge in [0.05, 0.1) is 5.69 Å². The van der Waals surface area contributed by atoms with Crippen molar-refractivity contribution in [3.63, 3.8) is 0 Å². The van der Waals surface area contributed by atoms with E-state index in [-0.39, 0.29) is 16.5 Å². The number of sulfonamides is 1. The number of aromatic nitrogens is 2. The number of aryl methyl sites for hydroxylation is 1. The molecule has 0 unspecified atom stereocenters. The van der Waals surface area contributed by atoms with E-state index < -0.39 is 10.0 Å². The van der Waals surface area contributed by atoms with Crippen molar-refractivity contribution in [3.05, 3.63) is 11.4 Å². The molecule has 1 aromatic rings. The lowest BCUT2D eigenvalue weighted by atomic mass is 9.85. The molecule has 1 aliphatic carbocycles. The molecule has 0 radical (unpaired) electrons. The second-order valence-corrected chi connectivity index (χ2v) is 6.92. The minimum atomic E-state index is -3.98. The Labute approximate surface area is 124 Å². The Bertz CT molecular complexity index is 619. The van der Waals surface area contributed by atoms with Gasteiger partial charge in [-0.1, -0.05) is 13.3 Å². The molecule has 0 atom stereocenters. The highest BCUT2D eigenvalue weighted by Crippen LogP contribution is 2.28. The summed E-state index contributed by atoms with van der Waals surface area (Å²) in [5, 5.41) is 11.8. The van der Waals surface area contributed by atoms with Crippen molar-refractivity contribution in [1.29, 1.82) is 0 Å². The minimum Gasteiger partial charge on any atom is -0.337 e. The first kappa shape index (κ1) is 16.0. The Morgan fingerprint density at radius 2 is 2.10 bits per heavy atom. The van der Waals surface area contributed by atoms with Gasteiger partial charge in [-0.05, 0) is 32.1 Å². The molecule has 118 valence electrons. The Morgan fingerprint density at radius 1 is 1.43 bits per heavy atom. The Kier molecular flexibility index (Phi) is 4.67. The topological polar surface area (TPSA) is 109 Å². The van der Waals surface area contributed by atoms with E-state index in [4.69, 9.17) is 5.14 Å². The lowest BCUT2D eigenvalue weighted by Crippen LogP contribution is -2.38. The third kappa shape index (κ3) is 3.26. The zero-order valence-corrected chi connectivity index (χ0v) is 13.2. The van der Waals surface area contributed by atoms with Crippen molar-refractivity contribution in [2.24, 2.45) is 11.1 Å². The molecule has 3 N–H and O–H groups in total. The number of primary sulfonamides is 1. The number of amides is 1. The molecule has 7 nitrogen and oxygen atoms in total. The summed E-state index contributed by atoms with van der Waals surface area (Å²) in [7, 11) is -3.98. The number of nitrogens with one attached hydrogen (secondary N) is 1. The van der Waals surface area contributed by atoms with Gasteiger partial charge in [0.15, 0.2) is 5.69 Å². The van der Waals surface area contributed by atoms with Crippen molar-refractivity contribution >= 4 is 15.9 Å². The number of H-pyrrole nitrogens is 1. The molecule has 21 heavy (non-hydrogen) atoms. The number of nitrogens with zero attached hydrogens (tertiary/aromatic N) is 2. The minimum absolute atomic E-state index is 0.0875. The van der Waals surface area contributed by atoms with Crippen molar-refractivity contribution in [3.8, 4) is 0 Å². The summed E-state index contributed by atoms with van der Waals surface area (Å²) in [6, 6.07) is 0. The fourth-order valence-electron chi connectivity index (χ4n) is 2.55. The van der Waals surface area contributed by atoms with E-state index in [9.17, 15) is 13.2 Å². The van der Waals surface area contributed by atoms with E-state index in [0.29, 0.717) is 31.1 Å². The molecule has 0 saturated heterocycles. The zero-order valence-electron chi connectivity index (χ0n) is 12.4. The van der Waals surface area contributed by atoms with Crippen LogP contribution in [0, 0.1) is 5.92 Å². The summed E-state index contributed by atoms with van der Waals surface area (Å²) >= 11 is 0. The van der Waals surface area contributed by atoms with Crippen LogP contribution in [-0.2, 0) is 16.4 Å². The Balaban J connectivity index is 2.31. The van der Waals surface area contributed by atoms with Crippen molar-refractivity contribution < 1.29 is 13.2 Å². The fourth-order valence-corrected chi connectivity index (χ4v) is 3.49. The van der Waals surface area contributed by atoms with Gasteiger partial charge in [0, 0.05) is 13.1 Å². The van der Waals surface area contributed by atoms with Gasteiger partial charge in [-0.3, -0.25) is 9.89 Å². The smallest absolute Gasteiger partial charge is 0.275 e. The third-order valence-corrected chi connectivity index (χ3v) is 5.01. The molecule has 1 fully saturated rings. The number of nitrogens with two attached hydrogens (primary N) is 1. The molecule has 1 amide bonds. The van der Waals surface area contributed by atoms with Gasteiger partial charge in [-0.15, -0.1) is 0 Å². The first-order chi connectivity index (χ1) is 9.88. The largest absolute Gasteiger partial charge is 0.337 e. The van der Waals surface area contributed by atoms with Gasteiger partial charge >= 0.3 is 0 Å². The van der Waals surface area contributed by atoms with Crippen LogP contribution in [0.5, 0.6) is 0 Å². The SMILES string of the molecule is CCc1[nH]nc(C(=O)N(CC)CC2CCC2)c1S(N)(=O)=O. The van der Waals surface area contributed by atoms with Crippen molar-refractivity contribution in [1.82, 2.24) is 15.1 Å². The number of aromatic amines is 1. The highest BCUT2D eigenvalue weighted by molar-refractivity contribution is 7.89. The lowest BCUT2D eigenvalue weighted by Gasteiger charge is -2.31. The standard InChI is InChI=1S/C13H22N4O3S/c1-3-10-12(21(14,19)20)11(16-15-10)13(18)17(4-2)8-9-6-5-7-9/h9H,3-8H2,1-2H3,(H,15,16)(H2,14,19,20). The molecule has 1 heterocycles. The third-order valence-electron chi connectivity index (χ3n) is 4.00. The van der Waals surface area contributed by atoms with Crippen LogP contribution in [0.4, 0.5) is 0 Å². The van der Waals surface area contributed by atoms with Gasteiger partial charge < -0.3 is 4.90 Å². The summed E-state index contributed by atoms with van der Waals surface area (Å²) in [5.74, 6) is 0.140. The van der Waals surface area contributed by atoms with Crippen molar-refractivity contribution in [2.75, 3.05) is 13.1 Å². The number of hydrogen-bond acceptors (Lipinski definition) is 4. The van der Waals surface area contributed by atoms with Gasteiger partial charge in [0.2, 0.25) is 10.0 Å². The predicted molar refractivity (Wildman–Crippen MR) is 78.3 cm³/mol. The molecule has 2 rings (SSSR count). The van der Waals surface area contributed by atoms with Gasteiger partial charge in [0.25, 0.3) is 5.91 Å². The second-order valence-electron chi connectivity index (χ2n) is 5.42. The molecule has 0 aromatic carbocycles. The maximum Gasteiger partial charge on any atom is 0.275 e. The fraction of sp³-hybridized carbons (Fsp3) is 0.692. The summed E-state index contributed by atoms with van der Waals surface area (Å²) in [4.78, 5) is 14.1. The van der Waals surface area contributed by atoms with Gasteiger partial charge in [0.1, 0.15) is 4.90 Å². The van der Waals surface area contributed by atoms with E-state index in [1.165, 1.54) is 6.42 Å². The van der Waals surface area contributed by atoms with Crippen LogP contribution in [0.25, 0.3) is 0 Å². The molecule has 0 spiro atoms. The summed E-state index contributed by atoms with van der Waals surface area (Å²) < 4.78 is 23.5.